The topological polar surface area (TPSA) is 97.2 Å². The van der Waals surface area contributed by atoms with Gasteiger partial charge in [-0.2, -0.15) is 0 Å². The number of benzene rings is 1. The molecule has 11 heteroatoms. The van der Waals surface area contributed by atoms with Gasteiger partial charge in [-0.1, -0.05) is 37.8 Å². The van der Waals surface area contributed by atoms with E-state index in [0.29, 0.717) is 32.2 Å². The van der Waals surface area contributed by atoms with Crippen LogP contribution in [0, 0.1) is 5.41 Å². The van der Waals surface area contributed by atoms with Gasteiger partial charge in [0.1, 0.15) is 18.1 Å². The minimum Gasteiger partial charge on any atom is -0.467 e. The summed E-state index contributed by atoms with van der Waals surface area (Å²) in [7, 11) is 0.332. The molecule has 3 aromatic rings. The van der Waals surface area contributed by atoms with Crippen molar-refractivity contribution in [3.8, 4) is 17.0 Å². The number of nitrogens with zero attached hydrogens (tertiary/aromatic N) is 4. The van der Waals surface area contributed by atoms with E-state index >= 15 is 0 Å². The van der Waals surface area contributed by atoms with Crippen LogP contribution < -0.4 is 4.74 Å². The number of carbonyl (C=O) groups is 1. The van der Waals surface area contributed by atoms with E-state index in [-0.39, 0.29) is 24.2 Å². The van der Waals surface area contributed by atoms with Gasteiger partial charge in [0.05, 0.1) is 18.9 Å². The highest BCUT2D eigenvalue weighted by atomic mass is 28.3. The lowest BCUT2D eigenvalue weighted by atomic mass is 9.67. The number of hydrogen-bond donors (Lipinski definition) is 0. The summed E-state index contributed by atoms with van der Waals surface area (Å²) in [6.07, 6.45) is 3.89. The minimum atomic E-state index is -1.28. The van der Waals surface area contributed by atoms with E-state index in [0.717, 1.165) is 60.1 Å². The first kappa shape index (κ1) is 32.7. The van der Waals surface area contributed by atoms with Crippen LogP contribution >= 0.6 is 0 Å². The number of allylic oxidation sites excluding steroid dienone is 1. The van der Waals surface area contributed by atoms with E-state index in [1.807, 2.05) is 49.9 Å². The zero-order valence-corrected chi connectivity index (χ0v) is 29.4. The van der Waals surface area contributed by atoms with E-state index < -0.39 is 13.7 Å². The summed E-state index contributed by atoms with van der Waals surface area (Å²) in [5.74, 6) is 0.777. The summed E-state index contributed by atoms with van der Waals surface area (Å²) >= 11 is 0. The van der Waals surface area contributed by atoms with Gasteiger partial charge >= 0.3 is 6.09 Å². The summed E-state index contributed by atoms with van der Waals surface area (Å²) in [6, 6.07) is 11.0. The molecule has 0 N–H and O–H groups in total. The first-order chi connectivity index (χ1) is 21.9. The first-order valence-corrected chi connectivity index (χ1v) is 20.0. The van der Waals surface area contributed by atoms with Crippen LogP contribution in [0.4, 0.5) is 4.79 Å². The van der Waals surface area contributed by atoms with Crippen LogP contribution in [0.15, 0.2) is 36.4 Å². The average molecular weight is 649 g/mol. The quantitative estimate of drug-likeness (QED) is 0.126. The molecule has 248 valence electrons. The van der Waals surface area contributed by atoms with Gasteiger partial charge in [-0.25, -0.2) is 4.79 Å². The number of likely N-dealkylation sites (tertiary alicyclic amines) is 1. The molecule has 0 radical (unpaired) electrons. The van der Waals surface area contributed by atoms with Crippen LogP contribution in [0.3, 0.4) is 0 Å². The molecule has 46 heavy (non-hydrogen) atoms. The molecule has 0 unspecified atom stereocenters. The van der Waals surface area contributed by atoms with Gasteiger partial charge in [0.25, 0.3) is 0 Å². The molecule has 1 aliphatic carbocycles. The lowest BCUT2D eigenvalue weighted by molar-refractivity contribution is -0.0867. The Labute approximate surface area is 273 Å². The van der Waals surface area contributed by atoms with Gasteiger partial charge in [0, 0.05) is 68.4 Å². The van der Waals surface area contributed by atoms with Crippen molar-refractivity contribution in [2.75, 3.05) is 46.8 Å². The first-order valence-electron chi connectivity index (χ1n) is 16.3. The number of para-hydroxylation sites is 1. The highest BCUT2D eigenvalue weighted by Gasteiger charge is 2.46. The molecule has 1 spiro atoms. The van der Waals surface area contributed by atoms with E-state index in [1.165, 1.54) is 11.1 Å². The predicted octanol–water partition coefficient (Wildman–Crippen LogP) is 6.92. The fourth-order valence-corrected chi connectivity index (χ4v) is 7.30. The van der Waals surface area contributed by atoms with Crippen molar-refractivity contribution < 1.29 is 28.5 Å². The van der Waals surface area contributed by atoms with Gasteiger partial charge in [-0.3, -0.25) is 0 Å². The largest absolute Gasteiger partial charge is 0.467 e. The van der Waals surface area contributed by atoms with E-state index in [2.05, 4.69) is 36.4 Å². The highest BCUT2D eigenvalue weighted by Crippen LogP contribution is 2.53. The lowest BCUT2D eigenvalue weighted by Crippen LogP contribution is -2.45. The molecular formula is C35H48N4O6Si. The Bertz CT molecular complexity index is 1620. The molecule has 2 aliphatic heterocycles. The van der Waals surface area contributed by atoms with Crippen molar-refractivity contribution in [1.82, 2.24) is 19.7 Å². The second-order valence-corrected chi connectivity index (χ2v) is 20.8. The fraction of sp³-hybridized carbons (Fsp3) is 0.571. The molecule has 10 nitrogen and oxygen atoms in total. The molecule has 2 fully saturated rings. The second kappa shape index (κ2) is 12.7. The number of carbonyl (C=O) groups excluding carboxylic acids is 1. The minimum absolute atomic E-state index is 0.0909. The molecule has 6 rings (SSSR count). The van der Waals surface area contributed by atoms with Crippen molar-refractivity contribution in [1.29, 1.82) is 0 Å². The Kier molecular flexibility index (Phi) is 9.05. The summed E-state index contributed by atoms with van der Waals surface area (Å²) in [4.78, 5) is 15.0. The summed E-state index contributed by atoms with van der Waals surface area (Å²) in [5.41, 5.74) is 5.58. The smallest absolute Gasteiger partial charge is 0.410 e. The Hall–Kier alpha value is -3.25. The van der Waals surface area contributed by atoms with Gasteiger partial charge < -0.3 is 33.2 Å². The standard InChI is InChI=1S/C35H48N4O6Si/c1-34(2,3)45-33(40)38-13-12-24(19-38)31-30(25-17-35(18-25)20-43-21-35)27-16-28(26-10-8-9-11-29(26)44-23-41-4)36-37-32(27)39(31)22-42-14-15-46(5,6)7/h8-11,16-17,24H,12-15,18-23H2,1-7H3/t24-/m1/s1. The zero-order valence-electron chi connectivity index (χ0n) is 28.4. The Balaban J connectivity index is 1.45. The van der Waals surface area contributed by atoms with E-state index in [9.17, 15) is 4.79 Å². The molecule has 2 saturated heterocycles. The molecule has 1 amide bonds. The van der Waals surface area contributed by atoms with Crippen LogP contribution in [0.1, 0.15) is 50.8 Å². The molecule has 1 atom stereocenters. The second-order valence-electron chi connectivity index (χ2n) is 15.2. The van der Waals surface area contributed by atoms with E-state index in [4.69, 9.17) is 33.9 Å². The lowest BCUT2D eigenvalue weighted by Gasteiger charge is -2.46. The Morgan fingerprint density at radius 3 is 2.59 bits per heavy atom. The van der Waals surface area contributed by atoms with Crippen molar-refractivity contribution >= 4 is 30.8 Å². The normalized spacial score (nSPS) is 19.2. The Morgan fingerprint density at radius 2 is 1.91 bits per heavy atom. The van der Waals surface area contributed by atoms with Crippen LogP contribution in [-0.2, 0) is 25.7 Å². The molecule has 0 bridgehead atoms. The molecule has 3 aliphatic rings. The van der Waals surface area contributed by atoms with E-state index in [1.54, 1.807) is 7.11 Å². The number of hydrogen-bond acceptors (Lipinski definition) is 8. The monoisotopic (exact) mass is 648 g/mol. The highest BCUT2D eigenvalue weighted by molar-refractivity contribution is 6.76. The number of amides is 1. The van der Waals surface area contributed by atoms with Crippen LogP contribution in [0.5, 0.6) is 5.75 Å². The molecule has 2 aromatic heterocycles. The van der Waals surface area contributed by atoms with Crippen molar-refractivity contribution in [2.24, 2.45) is 5.41 Å². The maximum Gasteiger partial charge on any atom is 0.410 e. The van der Waals surface area contributed by atoms with Crippen LogP contribution in [0.2, 0.25) is 25.7 Å². The zero-order chi connectivity index (χ0) is 32.7. The van der Waals surface area contributed by atoms with Crippen LogP contribution in [-0.4, -0.2) is 86.2 Å². The molecule has 0 saturated carbocycles. The maximum atomic E-state index is 13.1. The van der Waals surface area contributed by atoms with Crippen LogP contribution in [0.25, 0.3) is 27.9 Å². The predicted molar refractivity (Wildman–Crippen MR) is 181 cm³/mol. The number of ether oxygens (including phenoxy) is 5. The molecular weight excluding hydrogens is 600 g/mol. The maximum absolute atomic E-state index is 13.1. The SMILES string of the molecule is COCOc1ccccc1-c1cc2c(C3=CC4(COC4)C3)c([C@@H]3CCN(C(=O)OC(C)(C)C)C3)n(COCC[Si](C)(C)C)c2nn1. The van der Waals surface area contributed by atoms with Gasteiger partial charge in [-0.05, 0) is 63.4 Å². The molecule has 4 heterocycles. The van der Waals surface area contributed by atoms with Gasteiger partial charge in [0.2, 0.25) is 0 Å². The third kappa shape index (κ3) is 6.88. The van der Waals surface area contributed by atoms with Crippen molar-refractivity contribution in [2.45, 2.75) is 77.5 Å². The van der Waals surface area contributed by atoms with Crippen molar-refractivity contribution in [3.05, 3.63) is 47.7 Å². The third-order valence-electron chi connectivity index (χ3n) is 8.91. The number of aromatic nitrogens is 3. The van der Waals surface area contributed by atoms with Crippen molar-refractivity contribution in [3.63, 3.8) is 0 Å². The third-order valence-corrected chi connectivity index (χ3v) is 10.6. The Morgan fingerprint density at radius 1 is 1.15 bits per heavy atom. The fourth-order valence-electron chi connectivity index (χ4n) is 6.55. The summed E-state index contributed by atoms with van der Waals surface area (Å²) in [5, 5.41) is 10.6. The molecule has 1 aromatic carbocycles. The number of rotatable bonds is 11. The number of methoxy groups -OCH3 is 1. The summed E-state index contributed by atoms with van der Waals surface area (Å²) < 4.78 is 31.1. The van der Waals surface area contributed by atoms with Gasteiger partial charge in [0.15, 0.2) is 12.4 Å². The average Bonchev–Trinajstić information content (AvgIpc) is 3.55. The number of fused-ring (bicyclic) bond motifs is 1. The summed E-state index contributed by atoms with van der Waals surface area (Å²) in [6.45, 7) is 16.7. The van der Waals surface area contributed by atoms with Gasteiger partial charge in [-0.15, -0.1) is 10.2 Å².